The summed E-state index contributed by atoms with van der Waals surface area (Å²) in [6, 6.07) is 2.27. The van der Waals surface area contributed by atoms with E-state index in [0.717, 1.165) is 31.5 Å². The average Bonchev–Trinajstić information content (AvgIpc) is 2.74. The summed E-state index contributed by atoms with van der Waals surface area (Å²) in [5.41, 5.74) is 6.63. The van der Waals surface area contributed by atoms with Gasteiger partial charge >= 0.3 is 5.97 Å². The van der Waals surface area contributed by atoms with E-state index >= 15 is 0 Å². The lowest BCUT2D eigenvalue weighted by molar-refractivity contribution is -0.137. The van der Waals surface area contributed by atoms with E-state index in [1.54, 1.807) is 0 Å². The van der Waals surface area contributed by atoms with Gasteiger partial charge in [-0.2, -0.15) is 0 Å². The Morgan fingerprint density at radius 2 is 1.91 bits per heavy atom. The Bertz CT molecular complexity index is 1440. The fourth-order valence-electron chi connectivity index (χ4n) is 5.50. The van der Waals surface area contributed by atoms with Crippen molar-refractivity contribution in [2.24, 2.45) is 0 Å². The lowest BCUT2D eigenvalue weighted by Gasteiger charge is -2.49. The Morgan fingerprint density at radius 3 is 2.50 bits per heavy atom. The summed E-state index contributed by atoms with van der Waals surface area (Å²) >= 11 is 10.1. The van der Waals surface area contributed by atoms with E-state index in [4.69, 9.17) is 18.8 Å². The molecule has 0 atom stereocenters. The lowest BCUT2D eigenvalue weighted by Crippen LogP contribution is -2.45. The second-order valence-corrected chi connectivity index (χ2v) is 11.5. The van der Waals surface area contributed by atoms with Gasteiger partial charge in [-0.05, 0) is 70.2 Å². The van der Waals surface area contributed by atoms with E-state index in [1.807, 2.05) is 6.08 Å². The van der Waals surface area contributed by atoms with Crippen molar-refractivity contribution in [2.75, 3.05) is 18.0 Å². The van der Waals surface area contributed by atoms with Crippen LogP contribution in [0.2, 0.25) is 0 Å². The summed E-state index contributed by atoms with van der Waals surface area (Å²) in [5, 5.41) is 10.7. The molecule has 5 nitrogen and oxygen atoms in total. The maximum absolute atomic E-state index is 11.5. The molecule has 7 heteroatoms. The number of hydrogen-bond acceptors (Lipinski definition) is 4. The molecule has 0 aliphatic carbocycles. The zero-order valence-electron chi connectivity index (χ0n) is 20.4. The third-order valence-electron chi connectivity index (χ3n) is 7.59. The smallest absolute Gasteiger partial charge is 0.323 e. The summed E-state index contributed by atoms with van der Waals surface area (Å²) in [7, 11) is 0. The van der Waals surface area contributed by atoms with Gasteiger partial charge in [-0.3, -0.25) is 4.79 Å². The van der Waals surface area contributed by atoms with Crippen molar-refractivity contribution >= 4 is 54.8 Å². The molecule has 0 saturated carbocycles. The number of rotatable bonds is 3. The number of carboxylic acids is 1. The van der Waals surface area contributed by atoms with Gasteiger partial charge in [-0.25, -0.2) is 4.85 Å². The molecule has 1 aromatic heterocycles. The van der Waals surface area contributed by atoms with Crippen molar-refractivity contribution in [1.82, 2.24) is 4.57 Å². The standard InChI is InChI=1S/C27H31N3O2S2/c1-15-17(12-18-16(2)22(28-7)25(34)30(24(18)33)14-20(31)32)13-19-23-21(15)27(5,6)9-11-29(23)10-8-26(19,3)4/h12-13,34H,2,8-11,14H2,1,3-6H3,(H,31,32). The van der Waals surface area contributed by atoms with Crippen LogP contribution in [0.15, 0.2) is 11.1 Å². The molecule has 0 unspecified atom stereocenters. The van der Waals surface area contributed by atoms with Gasteiger partial charge in [0.15, 0.2) is 0 Å². The number of pyridine rings is 1. The quantitative estimate of drug-likeness (QED) is 0.364. The number of hydrogen-bond donors (Lipinski definition) is 2. The highest BCUT2D eigenvalue weighted by Crippen LogP contribution is 2.51. The normalized spacial score (nSPS) is 18.4. The molecular formula is C27H31N3O2S2. The minimum absolute atomic E-state index is 0.0336. The highest BCUT2D eigenvalue weighted by atomic mass is 32.1. The first-order valence-corrected chi connectivity index (χ1v) is 12.3. The van der Waals surface area contributed by atoms with E-state index in [1.165, 1.54) is 26.9 Å². The van der Waals surface area contributed by atoms with Crippen molar-refractivity contribution in [3.05, 3.63) is 54.8 Å². The van der Waals surface area contributed by atoms with E-state index < -0.39 is 5.97 Å². The molecule has 1 aromatic carbocycles. The van der Waals surface area contributed by atoms with Gasteiger partial charge in [-0.15, -0.1) is 19.2 Å². The minimum atomic E-state index is -1.04. The van der Waals surface area contributed by atoms with Crippen LogP contribution in [0.1, 0.15) is 62.8 Å². The fraction of sp³-hybridized carbons (Fsp3) is 0.444. The number of carboxylic acid groups (broad SMARTS) is 1. The topological polar surface area (TPSA) is 49.8 Å². The van der Waals surface area contributed by atoms with Crippen LogP contribution in [0, 0.1) is 18.1 Å². The van der Waals surface area contributed by atoms with Crippen LogP contribution in [0.4, 0.5) is 11.4 Å². The van der Waals surface area contributed by atoms with E-state index in [2.05, 4.69) is 69.6 Å². The van der Waals surface area contributed by atoms with Crippen molar-refractivity contribution in [3.8, 4) is 0 Å². The Hall–Kier alpha value is -2.56. The van der Waals surface area contributed by atoms with Gasteiger partial charge in [0.05, 0.1) is 11.6 Å². The Labute approximate surface area is 211 Å². The summed E-state index contributed by atoms with van der Waals surface area (Å²) < 4.78 is 1.73. The highest BCUT2D eigenvalue weighted by molar-refractivity contribution is 7.80. The predicted octanol–water partition coefficient (Wildman–Crippen LogP) is 4.86. The molecule has 4 rings (SSSR count). The van der Waals surface area contributed by atoms with Gasteiger partial charge in [0.1, 0.15) is 11.2 Å². The zero-order chi connectivity index (χ0) is 25.2. The highest BCUT2D eigenvalue weighted by Gasteiger charge is 2.41. The number of benzene rings is 1. The fourth-order valence-corrected chi connectivity index (χ4v) is 6.26. The molecule has 0 spiro atoms. The Balaban J connectivity index is 2.12. The number of thiol groups is 1. The maximum Gasteiger partial charge on any atom is 0.323 e. The minimum Gasteiger partial charge on any atom is -0.480 e. The third kappa shape index (κ3) is 3.77. The molecule has 2 aliphatic heterocycles. The monoisotopic (exact) mass is 493 g/mol. The average molecular weight is 494 g/mol. The summed E-state index contributed by atoms with van der Waals surface area (Å²) in [6.45, 7) is 25.0. The number of aromatic nitrogens is 1. The molecule has 34 heavy (non-hydrogen) atoms. The second kappa shape index (κ2) is 8.28. The number of nitrogens with zero attached hydrogens (tertiary/aromatic N) is 3. The number of carbonyl (C=O) groups is 1. The van der Waals surface area contributed by atoms with E-state index in [-0.39, 0.29) is 28.1 Å². The van der Waals surface area contributed by atoms with Crippen molar-refractivity contribution in [2.45, 2.75) is 69.9 Å². The third-order valence-corrected chi connectivity index (χ3v) is 8.49. The van der Waals surface area contributed by atoms with Crippen LogP contribution < -0.4 is 15.3 Å². The Morgan fingerprint density at radius 1 is 1.29 bits per heavy atom. The van der Waals surface area contributed by atoms with E-state index in [9.17, 15) is 9.90 Å². The maximum atomic E-state index is 11.5. The molecule has 1 N–H and O–H groups in total. The molecule has 0 amide bonds. The van der Waals surface area contributed by atoms with Crippen LogP contribution in [0.25, 0.3) is 17.5 Å². The van der Waals surface area contributed by atoms with E-state index in [0.29, 0.717) is 15.1 Å². The molecule has 0 saturated heterocycles. The number of anilines is 1. The van der Waals surface area contributed by atoms with Crippen molar-refractivity contribution in [1.29, 1.82) is 0 Å². The van der Waals surface area contributed by atoms with Crippen molar-refractivity contribution < 1.29 is 9.90 Å². The van der Waals surface area contributed by atoms with Crippen LogP contribution in [0.5, 0.6) is 0 Å². The van der Waals surface area contributed by atoms with Gasteiger partial charge < -0.3 is 14.6 Å². The van der Waals surface area contributed by atoms with Crippen molar-refractivity contribution in [3.63, 3.8) is 0 Å². The van der Waals surface area contributed by atoms with Crippen LogP contribution in [-0.2, 0) is 22.2 Å². The Kier molecular flexibility index (Phi) is 5.98. The summed E-state index contributed by atoms with van der Waals surface area (Å²) in [5.74, 6) is -1.04. The van der Waals surface area contributed by atoms with Gasteiger partial charge in [0.2, 0.25) is 5.69 Å². The molecular weight excluding hydrogens is 462 g/mol. The molecule has 2 aliphatic rings. The molecule has 3 heterocycles. The SMILES string of the molecule is [C-]#[N+]c1c(S)n(CC(=O)O)c(=S)c(=Cc2cc3c4c(c2C)C(C)(C)CCN4CCC3(C)C)c1=C. The van der Waals surface area contributed by atoms with Gasteiger partial charge in [0.25, 0.3) is 0 Å². The largest absolute Gasteiger partial charge is 0.480 e. The van der Waals surface area contributed by atoms with Gasteiger partial charge in [-0.1, -0.05) is 39.9 Å². The molecule has 0 fully saturated rings. The molecule has 2 aromatic rings. The predicted molar refractivity (Wildman–Crippen MR) is 143 cm³/mol. The van der Waals surface area contributed by atoms with Gasteiger partial charge in [0, 0.05) is 24.0 Å². The van der Waals surface area contributed by atoms with Crippen LogP contribution >= 0.6 is 24.8 Å². The van der Waals surface area contributed by atoms with Crippen LogP contribution in [-0.4, -0.2) is 28.7 Å². The first-order valence-electron chi connectivity index (χ1n) is 11.5. The summed E-state index contributed by atoms with van der Waals surface area (Å²) in [4.78, 5) is 17.6. The number of aliphatic carboxylic acids is 1. The summed E-state index contributed by atoms with van der Waals surface area (Å²) in [6.07, 6.45) is 4.17. The first kappa shape index (κ1) is 24.6. The zero-order valence-corrected chi connectivity index (χ0v) is 22.2. The molecule has 178 valence electrons. The second-order valence-electron chi connectivity index (χ2n) is 10.7. The first-order chi connectivity index (χ1) is 15.8. The molecule has 0 radical (unpaired) electrons. The molecule has 0 bridgehead atoms. The van der Waals surface area contributed by atoms with Crippen LogP contribution in [0.3, 0.4) is 0 Å². The lowest BCUT2D eigenvalue weighted by atomic mass is 9.67.